The third kappa shape index (κ3) is 2.93. The van der Waals surface area contributed by atoms with Crippen LogP contribution in [0.3, 0.4) is 0 Å². The van der Waals surface area contributed by atoms with Gasteiger partial charge in [-0.25, -0.2) is 9.98 Å². The number of hydrogen-bond donors (Lipinski definition) is 2. The molecule has 3 rings (SSSR count). The number of nitrogens with zero attached hydrogens (tertiary/aromatic N) is 3. The van der Waals surface area contributed by atoms with E-state index in [9.17, 15) is 4.79 Å². The summed E-state index contributed by atoms with van der Waals surface area (Å²) < 4.78 is 5.49. The molecule has 110 valence electrons. The molecule has 0 aliphatic carbocycles. The number of carbonyl (C=O) groups excluding carboxylic acids is 1. The van der Waals surface area contributed by atoms with Gasteiger partial charge >= 0.3 is 0 Å². The molecule has 3 N–H and O–H groups in total. The predicted octanol–water partition coefficient (Wildman–Crippen LogP) is 1.91. The van der Waals surface area contributed by atoms with Crippen molar-refractivity contribution in [2.24, 2.45) is 10.7 Å². The third-order valence-corrected chi connectivity index (χ3v) is 2.91. The summed E-state index contributed by atoms with van der Waals surface area (Å²) in [5.41, 5.74) is 7.30. The molecular weight excluding hydrogens is 282 g/mol. The number of aliphatic imine (C=N–C) groups is 1. The number of benzene rings is 1. The number of carbonyl (C=O) groups is 1. The Morgan fingerprint density at radius 3 is 2.95 bits per heavy atom. The first-order valence-corrected chi connectivity index (χ1v) is 6.53. The summed E-state index contributed by atoms with van der Waals surface area (Å²) in [4.78, 5) is 23.7. The minimum atomic E-state index is -0.463. The number of guanidine groups is 1. The Morgan fingerprint density at radius 1 is 1.32 bits per heavy atom. The third-order valence-electron chi connectivity index (χ3n) is 2.91. The van der Waals surface area contributed by atoms with Crippen LogP contribution in [0.25, 0.3) is 11.0 Å². The molecule has 2 heterocycles. The van der Waals surface area contributed by atoms with Crippen molar-refractivity contribution in [3.8, 4) is 0 Å². The fourth-order valence-corrected chi connectivity index (χ4v) is 2.00. The molecule has 0 bridgehead atoms. The van der Waals surface area contributed by atoms with Crippen LogP contribution in [0.5, 0.6) is 0 Å². The highest BCUT2D eigenvalue weighted by Gasteiger charge is 2.08. The average Bonchev–Trinajstić information content (AvgIpc) is 2.87. The largest absolute Gasteiger partial charge is 0.461 e. The monoisotopic (exact) mass is 295 g/mol. The molecule has 0 saturated heterocycles. The summed E-state index contributed by atoms with van der Waals surface area (Å²) in [6.07, 6.45) is 4.26. The Hall–Kier alpha value is -3.22. The van der Waals surface area contributed by atoms with Gasteiger partial charge in [0.2, 0.25) is 5.96 Å². The number of nitrogens with one attached hydrogen (secondary N) is 1. The molecule has 3 aromatic rings. The van der Waals surface area contributed by atoms with E-state index < -0.39 is 5.91 Å². The van der Waals surface area contributed by atoms with Crippen molar-refractivity contribution in [3.63, 3.8) is 0 Å². The molecule has 7 heteroatoms. The van der Waals surface area contributed by atoms with E-state index in [2.05, 4.69) is 20.3 Å². The molecule has 0 aliphatic heterocycles. The van der Waals surface area contributed by atoms with E-state index in [-0.39, 0.29) is 11.7 Å². The van der Waals surface area contributed by atoms with Crippen molar-refractivity contribution in [3.05, 3.63) is 54.3 Å². The molecule has 0 fully saturated rings. The number of nitrogens with two attached hydrogens (primary N) is 1. The van der Waals surface area contributed by atoms with E-state index >= 15 is 0 Å². The van der Waals surface area contributed by atoms with Crippen LogP contribution >= 0.6 is 0 Å². The molecule has 1 amide bonds. The quantitative estimate of drug-likeness (QED) is 0.554. The number of amides is 1. The molecule has 0 unspecified atom stereocenters. The standard InChI is InChI=1S/C15H13N5O2/c1-9-6-10-7-11(2-3-13(10)22-9)19-15(16)20-14(21)12-8-17-4-5-18-12/h2-8H,1H3,(H3,16,19,20,21). The van der Waals surface area contributed by atoms with E-state index in [0.717, 1.165) is 16.7 Å². The van der Waals surface area contributed by atoms with Crippen molar-refractivity contribution in [2.75, 3.05) is 0 Å². The summed E-state index contributed by atoms with van der Waals surface area (Å²) in [5.74, 6) is 0.338. The number of fused-ring (bicyclic) bond motifs is 1. The van der Waals surface area contributed by atoms with Gasteiger partial charge in [0.25, 0.3) is 5.91 Å². The Bertz CT molecular complexity index is 855. The van der Waals surface area contributed by atoms with Crippen molar-refractivity contribution in [1.29, 1.82) is 0 Å². The van der Waals surface area contributed by atoms with E-state index in [0.29, 0.717) is 5.69 Å². The van der Waals surface area contributed by atoms with Gasteiger partial charge in [-0.05, 0) is 31.2 Å². The first kappa shape index (κ1) is 13.7. The highest BCUT2D eigenvalue weighted by atomic mass is 16.3. The van der Waals surface area contributed by atoms with Crippen molar-refractivity contribution < 1.29 is 9.21 Å². The highest BCUT2D eigenvalue weighted by molar-refractivity contribution is 6.04. The first-order chi connectivity index (χ1) is 10.6. The summed E-state index contributed by atoms with van der Waals surface area (Å²) >= 11 is 0. The van der Waals surface area contributed by atoms with Crippen LogP contribution in [0.15, 0.2) is 52.3 Å². The Balaban J connectivity index is 1.79. The van der Waals surface area contributed by atoms with Crippen molar-refractivity contribution in [1.82, 2.24) is 15.3 Å². The smallest absolute Gasteiger partial charge is 0.278 e. The Morgan fingerprint density at radius 2 is 2.18 bits per heavy atom. The van der Waals surface area contributed by atoms with Crippen LogP contribution in [-0.2, 0) is 0 Å². The lowest BCUT2D eigenvalue weighted by atomic mass is 10.2. The van der Waals surface area contributed by atoms with Gasteiger partial charge in [0.1, 0.15) is 17.0 Å². The van der Waals surface area contributed by atoms with Gasteiger partial charge in [-0.15, -0.1) is 0 Å². The minimum absolute atomic E-state index is 0.0183. The molecule has 1 aromatic carbocycles. The highest BCUT2D eigenvalue weighted by Crippen LogP contribution is 2.24. The van der Waals surface area contributed by atoms with Gasteiger partial charge < -0.3 is 10.2 Å². The van der Waals surface area contributed by atoms with Gasteiger partial charge in [0.05, 0.1) is 11.9 Å². The van der Waals surface area contributed by atoms with E-state index in [1.54, 1.807) is 12.1 Å². The zero-order valence-electron chi connectivity index (χ0n) is 11.8. The zero-order valence-corrected chi connectivity index (χ0v) is 11.8. The maximum atomic E-state index is 11.9. The van der Waals surface area contributed by atoms with Crippen LogP contribution in [0.4, 0.5) is 5.69 Å². The van der Waals surface area contributed by atoms with Crippen LogP contribution in [0.1, 0.15) is 16.2 Å². The molecule has 7 nitrogen and oxygen atoms in total. The lowest BCUT2D eigenvalue weighted by molar-refractivity contribution is 0.0971. The number of rotatable bonds is 2. The Kier molecular flexibility index (Phi) is 3.53. The summed E-state index contributed by atoms with van der Waals surface area (Å²) in [6, 6.07) is 7.29. The number of aromatic nitrogens is 2. The fraction of sp³-hybridized carbons (Fsp3) is 0.0667. The second-order valence-corrected chi connectivity index (χ2v) is 4.62. The lowest BCUT2D eigenvalue weighted by Crippen LogP contribution is -2.36. The lowest BCUT2D eigenvalue weighted by Gasteiger charge is -2.03. The Labute approximate surface area is 125 Å². The molecular formula is C15H13N5O2. The molecule has 0 aliphatic rings. The zero-order chi connectivity index (χ0) is 15.5. The van der Waals surface area contributed by atoms with Crippen LogP contribution in [0.2, 0.25) is 0 Å². The minimum Gasteiger partial charge on any atom is -0.461 e. The van der Waals surface area contributed by atoms with Gasteiger partial charge in [-0.3, -0.25) is 15.1 Å². The SMILES string of the molecule is Cc1cc2cc(N=C(N)NC(=O)c3cnccn3)ccc2o1. The van der Waals surface area contributed by atoms with Crippen LogP contribution in [-0.4, -0.2) is 21.8 Å². The first-order valence-electron chi connectivity index (χ1n) is 6.53. The van der Waals surface area contributed by atoms with Crippen LogP contribution < -0.4 is 11.1 Å². The topological polar surface area (TPSA) is 106 Å². The summed E-state index contributed by atoms with van der Waals surface area (Å²) in [5, 5.41) is 3.38. The molecule has 22 heavy (non-hydrogen) atoms. The van der Waals surface area contributed by atoms with Gasteiger partial charge in [0.15, 0.2) is 0 Å². The predicted molar refractivity (Wildman–Crippen MR) is 81.7 cm³/mol. The molecule has 0 radical (unpaired) electrons. The van der Waals surface area contributed by atoms with E-state index in [1.165, 1.54) is 18.6 Å². The fourth-order valence-electron chi connectivity index (χ4n) is 2.00. The number of furan rings is 1. The molecule has 2 aromatic heterocycles. The van der Waals surface area contributed by atoms with Gasteiger partial charge in [-0.1, -0.05) is 0 Å². The number of hydrogen-bond acceptors (Lipinski definition) is 5. The second-order valence-electron chi connectivity index (χ2n) is 4.62. The number of aryl methyl sites for hydroxylation is 1. The van der Waals surface area contributed by atoms with Gasteiger partial charge in [0, 0.05) is 17.8 Å². The van der Waals surface area contributed by atoms with Crippen molar-refractivity contribution >= 4 is 28.5 Å². The maximum absolute atomic E-state index is 11.9. The average molecular weight is 295 g/mol. The van der Waals surface area contributed by atoms with Crippen molar-refractivity contribution in [2.45, 2.75) is 6.92 Å². The van der Waals surface area contributed by atoms with E-state index in [4.69, 9.17) is 10.2 Å². The second kappa shape index (κ2) is 5.65. The molecule has 0 spiro atoms. The van der Waals surface area contributed by atoms with E-state index in [1.807, 2.05) is 19.1 Å². The molecule has 0 saturated carbocycles. The van der Waals surface area contributed by atoms with Gasteiger partial charge in [-0.2, -0.15) is 0 Å². The normalized spacial score (nSPS) is 11.6. The molecule has 0 atom stereocenters. The summed E-state index contributed by atoms with van der Waals surface area (Å²) in [7, 11) is 0. The van der Waals surface area contributed by atoms with Crippen LogP contribution in [0, 0.1) is 6.92 Å². The maximum Gasteiger partial charge on any atom is 0.278 e. The summed E-state index contributed by atoms with van der Waals surface area (Å²) in [6.45, 7) is 1.87.